The standard InChI is InChI=1S/C34H32N6O2S/c1-23-20-29(24(2)39(23)21-25-15-18-35-19-16-25)33-32(30-10-6-7-17-36-30)38-34(43)40(33)27-13-11-26(12-14-27)37-31(41)22-42-28-8-4-3-5-9-28/h3-20,32-33H,21-22H2,1-2H3,(H,37,41)(H,38,43). The van der Waals surface area contributed by atoms with Crippen LogP contribution in [0.15, 0.2) is 110 Å². The van der Waals surface area contributed by atoms with Gasteiger partial charge in [-0.2, -0.15) is 0 Å². The van der Waals surface area contributed by atoms with Crippen LogP contribution in [-0.2, 0) is 11.3 Å². The Morgan fingerprint density at radius 2 is 1.70 bits per heavy atom. The average molecular weight is 589 g/mol. The van der Waals surface area contributed by atoms with Crippen LogP contribution in [0.1, 0.15) is 40.3 Å². The van der Waals surface area contributed by atoms with Gasteiger partial charge < -0.3 is 24.8 Å². The topological polar surface area (TPSA) is 84.3 Å². The molecule has 6 rings (SSSR count). The Balaban J connectivity index is 1.28. The third-order valence-electron chi connectivity index (χ3n) is 7.66. The van der Waals surface area contributed by atoms with E-state index in [4.69, 9.17) is 17.0 Å². The van der Waals surface area contributed by atoms with E-state index in [-0.39, 0.29) is 24.6 Å². The van der Waals surface area contributed by atoms with Gasteiger partial charge in [0, 0.05) is 47.9 Å². The number of aryl methyl sites for hydroxylation is 1. The van der Waals surface area contributed by atoms with E-state index in [1.165, 1.54) is 16.8 Å². The van der Waals surface area contributed by atoms with Crippen LogP contribution in [0.5, 0.6) is 5.75 Å². The summed E-state index contributed by atoms with van der Waals surface area (Å²) in [6, 6.07) is 29.0. The number of carbonyl (C=O) groups excluding carboxylic acids is 1. The molecule has 1 aliphatic rings. The number of thiocarbonyl (C=S) groups is 1. The Hall–Kier alpha value is -5.02. The van der Waals surface area contributed by atoms with Crippen molar-refractivity contribution in [1.29, 1.82) is 0 Å². The first kappa shape index (κ1) is 28.1. The first-order chi connectivity index (χ1) is 21.0. The molecular weight excluding hydrogens is 556 g/mol. The minimum absolute atomic E-state index is 0.0746. The number of carbonyl (C=O) groups is 1. The molecule has 2 atom stereocenters. The van der Waals surface area contributed by atoms with E-state index < -0.39 is 0 Å². The highest BCUT2D eigenvalue weighted by molar-refractivity contribution is 7.80. The van der Waals surface area contributed by atoms with E-state index >= 15 is 0 Å². The van der Waals surface area contributed by atoms with Gasteiger partial charge in [-0.1, -0.05) is 24.3 Å². The molecule has 0 aliphatic carbocycles. The Morgan fingerprint density at radius 1 is 0.953 bits per heavy atom. The lowest BCUT2D eigenvalue weighted by atomic mass is 9.96. The first-order valence-electron chi connectivity index (χ1n) is 14.1. The summed E-state index contributed by atoms with van der Waals surface area (Å²) in [5.74, 6) is 0.418. The first-order valence-corrected chi connectivity index (χ1v) is 14.5. The SMILES string of the molecule is Cc1cc(C2C(c3ccccn3)NC(=S)N2c2ccc(NC(=O)COc3ccccc3)cc2)c(C)n1Cc1ccncc1. The number of anilines is 2. The normalized spacial score (nSPS) is 16.1. The molecule has 1 fully saturated rings. The number of nitrogens with one attached hydrogen (secondary N) is 2. The fraction of sp³-hybridized carbons (Fsp3) is 0.176. The highest BCUT2D eigenvalue weighted by Gasteiger charge is 2.42. The van der Waals surface area contributed by atoms with Gasteiger partial charge in [0.2, 0.25) is 0 Å². The van der Waals surface area contributed by atoms with Crippen LogP contribution in [0.3, 0.4) is 0 Å². The van der Waals surface area contributed by atoms with Gasteiger partial charge in [0.1, 0.15) is 5.75 Å². The predicted octanol–water partition coefficient (Wildman–Crippen LogP) is 6.14. The lowest BCUT2D eigenvalue weighted by molar-refractivity contribution is -0.118. The van der Waals surface area contributed by atoms with Crippen molar-refractivity contribution in [3.63, 3.8) is 0 Å². The Labute approximate surface area is 256 Å². The largest absolute Gasteiger partial charge is 0.484 e. The van der Waals surface area contributed by atoms with Crippen molar-refractivity contribution in [2.75, 3.05) is 16.8 Å². The monoisotopic (exact) mass is 588 g/mol. The van der Waals surface area contributed by atoms with Gasteiger partial charge in [-0.05, 0) is 104 Å². The molecule has 0 saturated carbocycles. The van der Waals surface area contributed by atoms with Gasteiger partial charge in [-0.3, -0.25) is 14.8 Å². The number of aromatic nitrogens is 3. The number of amides is 1. The van der Waals surface area contributed by atoms with Crippen molar-refractivity contribution in [3.8, 4) is 5.75 Å². The lowest BCUT2D eigenvalue weighted by Gasteiger charge is -2.28. The van der Waals surface area contributed by atoms with Crippen molar-refractivity contribution >= 4 is 34.6 Å². The number of rotatable bonds is 9. The molecule has 0 spiro atoms. The number of hydrogen-bond acceptors (Lipinski definition) is 5. The minimum atomic E-state index is -0.232. The number of ether oxygens (including phenoxy) is 1. The van der Waals surface area contributed by atoms with Crippen LogP contribution in [0.4, 0.5) is 11.4 Å². The Bertz CT molecular complexity index is 1710. The van der Waals surface area contributed by atoms with Crippen molar-refractivity contribution in [2.24, 2.45) is 0 Å². The van der Waals surface area contributed by atoms with E-state index in [1.54, 1.807) is 0 Å². The highest BCUT2D eigenvalue weighted by atomic mass is 32.1. The molecule has 9 heteroatoms. The molecule has 2 N–H and O–H groups in total. The number of nitrogens with zero attached hydrogens (tertiary/aromatic N) is 4. The van der Waals surface area contributed by atoms with Crippen LogP contribution in [-0.4, -0.2) is 32.2 Å². The molecule has 43 heavy (non-hydrogen) atoms. The Morgan fingerprint density at radius 3 is 2.42 bits per heavy atom. The number of para-hydroxylation sites is 1. The molecule has 5 aromatic rings. The summed E-state index contributed by atoms with van der Waals surface area (Å²) in [7, 11) is 0. The Kier molecular flexibility index (Phi) is 8.15. The van der Waals surface area contributed by atoms with E-state index in [2.05, 4.69) is 50.0 Å². The summed E-state index contributed by atoms with van der Waals surface area (Å²) in [5.41, 5.74) is 7.20. The number of benzene rings is 2. The smallest absolute Gasteiger partial charge is 0.262 e. The summed E-state index contributed by atoms with van der Waals surface area (Å²) in [6.45, 7) is 4.97. The van der Waals surface area contributed by atoms with Crippen LogP contribution >= 0.6 is 12.2 Å². The van der Waals surface area contributed by atoms with Crippen LogP contribution in [0, 0.1) is 13.8 Å². The molecule has 0 bridgehead atoms. The van der Waals surface area contributed by atoms with Gasteiger partial charge in [0.15, 0.2) is 11.7 Å². The lowest BCUT2D eigenvalue weighted by Crippen LogP contribution is -2.29. The molecule has 8 nitrogen and oxygen atoms in total. The zero-order chi connectivity index (χ0) is 29.8. The van der Waals surface area contributed by atoms with Crippen LogP contribution in [0.25, 0.3) is 0 Å². The molecule has 216 valence electrons. The minimum Gasteiger partial charge on any atom is -0.484 e. The van der Waals surface area contributed by atoms with Crippen molar-refractivity contribution < 1.29 is 9.53 Å². The fourth-order valence-corrected chi connectivity index (χ4v) is 5.90. The third-order valence-corrected chi connectivity index (χ3v) is 7.98. The maximum absolute atomic E-state index is 12.5. The fourth-order valence-electron chi connectivity index (χ4n) is 5.56. The molecular formula is C34H32N6O2S. The van der Waals surface area contributed by atoms with E-state index in [0.29, 0.717) is 16.5 Å². The van der Waals surface area contributed by atoms with Gasteiger partial charge in [-0.15, -0.1) is 0 Å². The second kappa shape index (κ2) is 12.5. The molecule has 1 aliphatic heterocycles. The quantitative estimate of drug-likeness (QED) is 0.200. The summed E-state index contributed by atoms with van der Waals surface area (Å²) < 4.78 is 7.91. The van der Waals surface area contributed by atoms with Crippen molar-refractivity contribution in [1.82, 2.24) is 19.9 Å². The van der Waals surface area contributed by atoms with E-state index in [0.717, 1.165) is 23.6 Å². The number of hydrogen-bond donors (Lipinski definition) is 2. The van der Waals surface area contributed by atoms with Crippen molar-refractivity contribution in [2.45, 2.75) is 32.5 Å². The summed E-state index contributed by atoms with van der Waals surface area (Å²) in [6.07, 6.45) is 5.46. The van der Waals surface area contributed by atoms with E-state index in [9.17, 15) is 4.79 Å². The van der Waals surface area contributed by atoms with Gasteiger partial charge in [0.25, 0.3) is 5.91 Å². The third kappa shape index (κ3) is 6.12. The summed E-state index contributed by atoms with van der Waals surface area (Å²) in [4.78, 5) is 23.5. The van der Waals surface area contributed by atoms with Gasteiger partial charge in [0.05, 0.1) is 17.8 Å². The number of pyridine rings is 2. The zero-order valence-electron chi connectivity index (χ0n) is 24.0. The summed E-state index contributed by atoms with van der Waals surface area (Å²) in [5, 5.41) is 7.07. The molecule has 1 saturated heterocycles. The second-order valence-corrected chi connectivity index (χ2v) is 10.8. The molecule has 1 amide bonds. The average Bonchev–Trinajstić information content (AvgIpc) is 3.52. The summed E-state index contributed by atoms with van der Waals surface area (Å²) >= 11 is 5.94. The second-order valence-electron chi connectivity index (χ2n) is 10.5. The molecule has 2 unspecified atom stereocenters. The molecule has 4 heterocycles. The molecule has 0 radical (unpaired) electrons. The van der Waals surface area contributed by atoms with Crippen LogP contribution in [0.2, 0.25) is 0 Å². The van der Waals surface area contributed by atoms with Gasteiger partial charge >= 0.3 is 0 Å². The molecule has 2 aromatic carbocycles. The zero-order valence-corrected chi connectivity index (χ0v) is 24.8. The van der Waals surface area contributed by atoms with Crippen LogP contribution < -0.4 is 20.3 Å². The maximum atomic E-state index is 12.5. The maximum Gasteiger partial charge on any atom is 0.262 e. The predicted molar refractivity (Wildman–Crippen MR) is 172 cm³/mol. The van der Waals surface area contributed by atoms with Gasteiger partial charge in [-0.25, -0.2) is 0 Å². The highest BCUT2D eigenvalue weighted by Crippen LogP contribution is 2.43. The van der Waals surface area contributed by atoms with Crippen molar-refractivity contribution in [3.05, 3.63) is 138 Å². The van der Waals surface area contributed by atoms with E-state index in [1.807, 2.05) is 104 Å². The molecule has 3 aromatic heterocycles.